The lowest BCUT2D eigenvalue weighted by molar-refractivity contribution is 0.225. The first-order valence-electron chi connectivity index (χ1n) is 6.08. The maximum Gasteiger partial charge on any atom is 0.208 e. The van der Waals surface area contributed by atoms with Crippen molar-refractivity contribution in [2.24, 2.45) is 0 Å². The summed E-state index contributed by atoms with van der Waals surface area (Å²) < 4.78 is 5.95. The van der Waals surface area contributed by atoms with Crippen molar-refractivity contribution in [1.29, 1.82) is 0 Å². The zero-order valence-electron chi connectivity index (χ0n) is 10.2. The Morgan fingerprint density at radius 1 is 1.28 bits per heavy atom. The lowest BCUT2D eigenvalue weighted by atomic mass is 10.3. The first kappa shape index (κ1) is 11.5. The summed E-state index contributed by atoms with van der Waals surface area (Å²) in [6, 6.07) is 9.99. The Labute approximate surface area is 110 Å². The molecule has 1 aromatic heterocycles. The summed E-state index contributed by atoms with van der Waals surface area (Å²) >= 11 is 1.64. The molecule has 0 N–H and O–H groups in total. The number of aromatic nitrogens is 2. The van der Waals surface area contributed by atoms with Gasteiger partial charge in [-0.25, -0.2) is 0 Å². The number of hydrogen-bond acceptors (Lipinski definition) is 5. The van der Waals surface area contributed by atoms with Crippen molar-refractivity contribution in [3.05, 3.63) is 35.3 Å². The van der Waals surface area contributed by atoms with E-state index in [0.29, 0.717) is 0 Å². The van der Waals surface area contributed by atoms with Gasteiger partial charge >= 0.3 is 0 Å². The van der Waals surface area contributed by atoms with E-state index in [9.17, 15) is 0 Å². The molecular weight excluding hydrogens is 246 g/mol. The molecule has 5 heteroatoms. The van der Waals surface area contributed by atoms with Crippen molar-refractivity contribution < 1.29 is 4.74 Å². The molecule has 0 aliphatic carbocycles. The minimum Gasteiger partial charge on any atom is -0.489 e. The summed E-state index contributed by atoms with van der Waals surface area (Å²) in [6.45, 7) is 3.87. The minimum absolute atomic E-state index is 0.247. The average molecular weight is 261 g/mol. The van der Waals surface area contributed by atoms with Gasteiger partial charge in [-0.05, 0) is 19.1 Å². The van der Waals surface area contributed by atoms with Gasteiger partial charge in [0.05, 0.1) is 6.54 Å². The number of ether oxygens (including phenoxy) is 1. The highest BCUT2D eigenvalue weighted by atomic mass is 32.1. The summed E-state index contributed by atoms with van der Waals surface area (Å²) in [6.07, 6.45) is 1.28. The number of rotatable bonds is 3. The van der Waals surface area contributed by atoms with Gasteiger partial charge in [-0.15, -0.1) is 10.2 Å². The van der Waals surface area contributed by atoms with Gasteiger partial charge in [0, 0.05) is 13.0 Å². The molecule has 0 spiro atoms. The van der Waals surface area contributed by atoms with Crippen molar-refractivity contribution in [2.45, 2.75) is 19.4 Å². The molecule has 1 saturated heterocycles. The topological polar surface area (TPSA) is 38.2 Å². The van der Waals surface area contributed by atoms with Crippen LogP contribution in [0.25, 0.3) is 0 Å². The van der Waals surface area contributed by atoms with Gasteiger partial charge in [0.25, 0.3) is 0 Å². The summed E-state index contributed by atoms with van der Waals surface area (Å²) in [4.78, 5) is 2.25. The number of nitrogens with zero attached hydrogens (tertiary/aromatic N) is 3. The van der Waals surface area contributed by atoms with Crippen LogP contribution in [-0.2, 0) is 0 Å². The van der Waals surface area contributed by atoms with Crippen LogP contribution in [0.2, 0.25) is 0 Å². The van der Waals surface area contributed by atoms with E-state index in [4.69, 9.17) is 4.74 Å². The lowest BCUT2D eigenvalue weighted by Gasteiger charge is -2.15. The van der Waals surface area contributed by atoms with Gasteiger partial charge < -0.3 is 9.64 Å². The predicted molar refractivity (Wildman–Crippen MR) is 72.3 cm³/mol. The highest BCUT2D eigenvalue weighted by molar-refractivity contribution is 7.15. The molecule has 1 aliphatic heterocycles. The van der Waals surface area contributed by atoms with Crippen LogP contribution in [0.1, 0.15) is 11.4 Å². The standard InChI is InChI=1S/C13H15N3OS/c1-10-14-15-13(18-10)16-8-7-12(9-16)17-11-5-3-2-4-6-11/h2-6,12H,7-9H2,1H3/t12-/m1/s1. The third-order valence-electron chi connectivity index (χ3n) is 2.98. The normalized spacial score (nSPS) is 19.2. The third-order valence-corrected chi connectivity index (χ3v) is 3.88. The summed E-state index contributed by atoms with van der Waals surface area (Å²) in [7, 11) is 0. The Bertz CT molecular complexity index is 514. The third kappa shape index (κ3) is 2.46. The maximum absolute atomic E-state index is 5.95. The number of hydrogen-bond donors (Lipinski definition) is 0. The monoisotopic (exact) mass is 261 g/mol. The number of aryl methyl sites for hydroxylation is 1. The van der Waals surface area contributed by atoms with Crippen LogP contribution in [0.15, 0.2) is 30.3 Å². The second kappa shape index (κ2) is 4.94. The lowest BCUT2D eigenvalue weighted by Crippen LogP contribution is -2.24. The minimum atomic E-state index is 0.247. The molecular formula is C13H15N3OS. The predicted octanol–water partition coefficient (Wildman–Crippen LogP) is 2.50. The molecule has 2 heterocycles. The van der Waals surface area contributed by atoms with Gasteiger partial charge in [-0.1, -0.05) is 29.5 Å². The SMILES string of the molecule is Cc1nnc(N2CC[C@@H](Oc3ccccc3)C2)s1. The van der Waals surface area contributed by atoms with E-state index < -0.39 is 0 Å². The second-order valence-corrected chi connectivity index (χ2v) is 5.55. The van der Waals surface area contributed by atoms with E-state index in [1.54, 1.807) is 11.3 Å². The fourth-order valence-corrected chi connectivity index (χ4v) is 2.83. The zero-order valence-corrected chi connectivity index (χ0v) is 11.1. The first-order chi connectivity index (χ1) is 8.81. The molecule has 1 aromatic carbocycles. The van der Waals surface area contributed by atoms with Gasteiger partial charge in [0.1, 0.15) is 16.9 Å². The van der Waals surface area contributed by atoms with E-state index >= 15 is 0 Å². The number of para-hydroxylation sites is 1. The summed E-state index contributed by atoms with van der Waals surface area (Å²) in [5, 5.41) is 10.3. The van der Waals surface area contributed by atoms with Crippen LogP contribution < -0.4 is 9.64 Å². The van der Waals surface area contributed by atoms with E-state index in [2.05, 4.69) is 15.1 Å². The van der Waals surface area contributed by atoms with Gasteiger partial charge in [0.2, 0.25) is 5.13 Å². The molecule has 2 aromatic rings. The smallest absolute Gasteiger partial charge is 0.208 e. The van der Waals surface area contributed by atoms with Crippen LogP contribution in [0.4, 0.5) is 5.13 Å². The molecule has 0 bridgehead atoms. The molecule has 0 radical (unpaired) electrons. The molecule has 1 fully saturated rings. The Morgan fingerprint density at radius 2 is 2.11 bits per heavy atom. The molecule has 1 aliphatic rings. The van der Waals surface area contributed by atoms with Crippen molar-refractivity contribution >= 4 is 16.5 Å². The number of anilines is 1. The molecule has 0 saturated carbocycles. The summed E-state index contributed by atoms with van der Waals surface area (Å²) in [5.74, 6) is 0.942. The van der Waals surface area contributed by atoms with Crippen molar-refractivity contribution in [2.75, 3.05) is 18.0 Å². The van der Waals surface area contributed by atoms with Crippen molar-refractivity contribution in [3.63, 3.8) is 0 Å². The Hall–Kier alpha value is -1.62. The molecule has 3 rings (SSSR count). The number of benzene rings is 1. The first-order valence-corrected chi connectivity index (χ1v) is 6.90. The maximum atomic E-state index is 5.95. The van der Waals surface area contributed by atoms with Crippen LogP contribution in [0.3, 0.4) is 0 Å². The fourth-order valence-electron chi connectivity index (χ4n) is 2.10. The van der Waals surface area contributed by atoms with Crippen LogP contribution >= 0.6 is 11.3 Å². The van der Waals surface area contributed by atoms with Crippen LogP contribution in [0.5, 0.6) is 5.75 Å². The van der Waals surface area contributed by atoms with Crippen molar-refractivity contribution in [3.8, 4) is 5.75 Å². The quantitative estimate of drug-likeness (QED) is 0.851. The Balaban J connectivity index is 1.62. The summed E-state index contributed by atoms with van der Waals surface area (Å²) in [5.41, 5.74) is 0. The second-order valence-electron chi connectivity index (χ2n) is 4.39. The molecule has 0 amide bonds. The zero-order chi connectivity index (χ0) is 12.4. The van der Waals surface area contributed by atoms with Crippen LogP contribution in [-0.4, -0.2) is 29.4 Å². The Kier molecular flexibility index (Phi) is 3.15. The van der Waals surface area contributed by atoms with E-state index in [-0.39, 0.29) is 6.10 Å². The largest absolute Gasteiger partial charge is 0.489 e. The average Bonchev–Trinajstić information content (AvgIpc) is 2.99. The van der Waals surface area contributed by atoms with Gasteiger partial charge in [-0.3, -0.25) is 0 Å². The van der Waals surface area contributed by atoms with E-state index in [1.807, 2.05) is 37.3 Å². The van der Waals surface area contributed by atoms with Crippen molar-refractivity contribution in [1.82, 2.24) is 10.2 Å². The van der Waals surface area contributed by atoms with Crippen LogP contribution in [0, 0.1) is 6.92 Å². The Morgan fingerprint density at radius 3 is 2.83 bits per heavy atom. The van der Waals surface area contributed by atoms with E-state index in [0.717, 1.165) is 35.4 Å². The van der Waals surface area contributed by atoms with Gasteiger partial charge in [0.15, 0.2) is 0 Å². The van der Waals surface area contributed by atoms with E-state index in [1.165, 1.54) is 0 Å². The van der Waals surface area contributed by atoms with Gasteiger partial charge in [-0.2, -0.15) is 0 Å². The molecule has 4 nitrogen and oxygen atoms in total. The molecule has 18 heavy (non-hydrogen) atoms. The fraction of sp³-hybridized carbons (Fsp3) is 0.385. The highest BCUT2D eigenvalue weighted by Gasteiger charge is 2.26. The molecule has 94 valence electrons. The highest BCUT2D eigenvalue weighted by Crippen LogP contribution is 2.25. The molecule has 0 unspecified atom stereocenters. The molecule has 1 atom stereocenters.